The number of carbonyl (C=O) groups is 1. The van der Waals surface area contributed by atoms with E-state index in [1.165, 1.54) is 4.90 Å². The molecule has 4 heteroatoms. The van der Waals surface area contributed by atoms with Crippen LogP contribution >= 0.6 is 0 Å². The number of carboxylic acid groups (broad SMARTS) is 1. The Labute approximate surface area is 101 Å². The average molecular weight is 234 g/mol. The quantitative estimate of drug-likeness (QED) is 0.810. The third kappa shape index (κ3) is 2.35. The zero-order chi connectivity index (χ0) is 12.4. The van der Waals surface area contributed by atoms with Crippen LogP contribution in [0.4, 0.5) is 10.5 Å². The Kier molecular flexibility index (Phi) is 3.22. The number of piperazine rings is 1. The van der Waals surface area contributed by atoms with Gasteiger partial charge in [0, 0.05) is 30.9 Å². The summed E-state index contributed by atoms with van der Waals surface area (Å²) in [4.78, 5) is 14.8. The van der Waals surface area contributed by atoms with Crippen LogP contribution < -0.4 is 4.90 Å². The molecule has 1 heterocycles. The number of benzene rings is 1. The highest BCUT2D eigenvalue weighted by molar-refractivity contribution is 5.66. The van der Waals surface area contributed by atoms with Crippen molar-refractivity contribution in [1.29, 1.82) is 0 Å². The first-order chi connectivity index (χ1) is 8.09. The number of para-hydroxylation sites is 1. The fourth-order valence-corrected chi connectivity index (χ4v) is 2.59. The molecule has 0 radical (unpaired) electrons. The summed E-state index contributed by atoms with van der Waals surface area (Å²) in [5, 5.41) is 9.04. The summed E-state index contributed by atoms with van der Waals surface area (Å²) in [6, 6.07) is 10.6. The number of amides is 1. The van der Waals surface area contributed by atoms with Crippen molar-refractivity contribution in [2.24, 2.45) is 0 Å². The summed E-state index contributed by atoms with van der Waals surface area (Å²) in [6.45, 7) is 5.26. The summed E-state index contributed by atoms with van der Waals surface area (Å²) in [5.41, 5.74) is 1.16. The molecule has 0 saturated carbocycles. The second-order valence-electron chi connectivity index (χ2n) is 4.63. The van der Waals surface area contributed by atoms with Crippen molar-refractivity contribution in [2.75, 3.05) is 18.0 Å². The Hall–Kier alpha value is -1.71. The van der Waals surface area contributed by atoms with Crippen LogP contribution in [0.3, 0.4) is 0 Å². The van der Waals surface area contributed by atoms with Gasteiger partial charge in [-0.1, -0.05) is 18.2 Å². The fraction of sp³-hybridized carbons (Fsp3) is 0.462. The second kappa shape index (κ2) is 4.65. The van der Waals surface area contributed by atoms with Gasteiger partial charge >= 0.3 is 6.09 Å². The Balaban J connectivity index is 2.18. The molecule has 1 aliphatic rings. The monoisotopic (exact) mass is 234 g/mol. The zero-order valence-electron chi connectivity index (χ0n) is 10.2. The summed E-state index contributed by atoms with van der Waals surface area (Å²) in [7, 11) is 0. The van der Waals surface area contributed by atoms with Crippen molar-refractivity contribution in [3.8, 4) is 0 Å². The highest BCUT2D eigenvalue weighted by Crippen LogP contribution is 2.24. The summed E-state index contributed by atoms with van der Waals surface area (Å²) < 4.78 is 0. The average Bonchev–Trinajstić information content (AvgIpc) is 2.29. The molecule has 1 saturated heterocycles. The molecular formula is C13H18N2O2. The van der Waals surface area contributed by atoms with Gasteiger partial charge in [-0.2, -0.15) is 0 Å². The lowest BCUT2D eigenvalue weighted by atomic mass is 10.1. The van der Waals surface area contributed by atoms with Crippen LogP contribution in [0.25, 0.3) is 0 Å². The molecule has 17 heavy (non-hydrogen) atoms. The number of anilines is 1. The highest BCUT2D eigenvalue weighted by atomic mass is 16.4. The van der Waals surface area contributed by atoms with Crippen LogP contribution in [-0.4, -0.2) is 41.3 Å². The minimum Gasteiger partial charge on any atom is -0.465 e. The number of hydrogen-bond acceptors (Lipinski definition) is 2. The molecule has 0 aliphatic carbocycles. The van der Waals surface area contributed by atoms with E-state index in [9.17, 15) is 4.79 Å². The smallest absolute Gasteiger partial charge is 0.407 e. The highest BCUT2D eigenvalue weighted by Gasteiger charge is 2.31. The fourth-order valence-electron chi connectivity index (χ4n) is 2.59. The first kappa shape index (κ1) is 11.8. The Bertz CT molecular complexity index is 382. The predicted molar refractivity (Wildman–Crippen MR) is 67.4 cm³/mol. The lowest BCUT2D eigenvalue weighted by Gasteiger charge is -2.44. The molecule has 0 unspecified atom stereocenters. The second-order valence-corrected chi connectivity index (χ2v) is 4.63. The van der Waals surface area contributed by atoms with Crippen LogP contribution in [-0.2, 0) is 0 Å². The Morgan fingerprint density at radius 1 is 1.18 bits per heavy atom. The summed E-state index contributed by atoms with van der Waals surface area (Å²) in [6.07, 6.45) is -0.823. The van der Waals surface area contributed by atoms with Gasteiger partial charge in [-0.25, -0.2) is 4.79 Å². The Morgan fingerprint density at radius 2 is 1.71 bits per heavy atom. The van der Waals surface area contributed by atoms with Crippen molar-refractivity contribution in [1.82, 2.24) is 4.90 Å². The molecular weight excluding hydrogens is 216 g/mol. The molecule has 1 amide bonds. The molecule has 2 rings (SSSR count). The number of rotatable bonds is 1. The molecule has 0 bridgehead atoms. The number of hydrogen-bond donors (Lipinski definition) is 1. The molecule has 92 valence electrons. The molecule has 2 atom stereocenters. The van der Waals surface area contributed by atoms with Gasteiger partial charge in [-0.15, -0.1) is 0 Å². The molecule has 1 N–H and O–H groups in total. The first-order valence-electron chi connectivity index (χ1n) is 5.91. The normalized spacial score (nSPS) is 24.8. The maximum atomic E-state index is 11.0. The number of nitrogens with zero attached hydrogens (tertiary/aromatic N) is 2. The van der Waals surface area contributed by atoms with E-state index in [1.807, 2.05) is 18.2 Å². The molecule has 0 spiro atoms. The van der Waals surface area contributed by atoms with E-state index in [1.54, 1.807) is 0 Å². The standard InChI is InChI=1S/C13H18N2O2/c1-10-8-14(13(16)17)9-11(2)15(10)12-6-4-3-5-7-12/h3-7,10-11H,8-9H2,1-2H3,(H,16,17)/t10-,11+. The van der Waals surface area contributed by atoms with E-state index in [0.29, 0.717) is 13.1 Å². The van der Waals surface area contributed by atoms with Crippen LogP contribution in [0.2, 0.25) is 0 Å². The lowest BCUT2D eigenvalue weighted by Crippen LogP contribution is -2.58. The lowest BCUT2D eigenvalue weighted by molar-refractivity contribution is 0.128. The van der Waals surface area contributed by atoms with Crippen molar-refractivity contribution >= 4 is 11.8 Å². The zero-order valence-corrected chi connectivity index (χ0v) is 10.2. The van der Waals surface area contributed by atoms with Crippen LogP contribution in [0.1, 0.15) is 13.8 Å². The summed E-state index contributed by atoms with van der Waals surface area (Å²) >= 11 is 0. The molecule has 4 nitrogen and oxygen atoms in total. The van der Waals surface area contributed by atoms with Gasteiger partial charge < -0.3 is 14.9 Å². The van der Waals surface area contributed by atoms with Crippen LogP contribution in [0.5, 0.6) is 0 Å². The van der Waals surface area contributed by atoms with Crippen molar-refractivity contribution in [2.45, 2.75) is 25.9 Å². The van der Waals surface area contributed by atoms with E-state index in [4.69, 9.17) is 5.11 Å². The van der Waals surface area contributed by atoms with E-state index in [0.717, 1.165) is 5.69 Å². The van der Waals surface area contributed by atoms with E-state index >= 15 is 0 Å². The minimum atomic E-state index is -0.823. The van der Waals surface area contributed by atoms with Gasteiger partial charge in [0.1, 0.15) is 0 Å². The molecule has 1 aliphatic heterocycles. The van der Waals surface area contributed by atoms with Crippen LogP contribution in [0, 0.1) is 0 Å². The SMILES string of the molecule is C[C@@H]1CN(C(=O)O)C[C@H](C)N1c1ccccc1. The third-order valence-electron chi connectivity index (χ3n) is 3.24. The van der Waals surface area contributed by atoms with Gasteiger partial charge in [0.05, 0.1) is 0 Å². The Morgan fingerprint density at radius 3 is 2.18 bits per heavy atom. The predicted octanol–water partition coefficient (Wildman–Crippen LogP) is 2.26. The van der Waals surface area contributed by atoms with Gasteiger partial charge in [-0.05, 0) is 26.0 Å². The topological polar surface area (TPSA) is 43.8 Å². The minimum absolute atomic E-state index is 0.206. The van der Waals surface area contributed by atoms with Crippen molar-refractivity contribution in [3.63, 3.8) is 0 Å². The van der Waals surface area contributed by atoms with Gasteiger partial charge in [0.15, 0.2) is 0 Å². The van der Waals surface area contributed by atoms with E-state index in [2.05, 4.69) is 30.9 Å². The molecule has 1 aromatic carbocycles. The third-order valence-corrected chi connectivity index (χ3v) is 3.24. The van der Waals surface area contributed by atoms with Gasteiger partial charge in [0.2, 0.25) is 0 Å². The van der Waals surface area contributed by atoms with E-state index in [-0.39, 0.29) is 12.1 Å². The maximum Gasteiger partial charge on any atom is 0.407 e. The van der Waals surface area contributed by atoms with Gasteiger partial charge in [0.25, 0.3) is 0 Å². The molecule has 1 fully saturated rings. The largest absolute Gasteiger partial charge is 0.465 e. The van der Waals surface area contributed by atoms with Crippen molar-refractivity contribution in [3.05, 3.63) is 30.3 Å². The van der Waals surface area contributed by atoms with Crippen molar-refractivity contribution < 1.29 is 9.90 Å². The molecule has 0 aromatic heterocycles. The van der Waals surface area contributed by atoms with E-state index < -0.39 is 6.09 Å². The van der Waals surface area contributed by atoms with Gasteiger partial charge in [-0.3, -0.25) is 0 Å². The maximum absolute atomic E-state index is 11.0. The summed E-state index contributed by atoms with van der Waals surface area (Å²) in [5.74, 6) is 0. The first-order valence-corrected chi connectivity index (χ1v) is 5.91. The van der Waals surface area contributed by atoms with Crippen LogP contribution in [0.15, 0.2) is 30.3 Å². The molecule has 1 aromatic rings.